The Hall–Kier alpha value is -1.75. The molecule has 124 valence electrons. The zero-order chi connectivity index (χ0) is 16.6. The van der Waals surface area contributed by atoms with E-state index in [1.807, 2.05) is 11.7 Å². The number of benzene rings is 1. The molecule has 0 aliphatic heterocycles. The summed E-state index contributed by atoms with van der Waals surface area (Å²) in [5.74, 6) is 1.92. The first kappa shape index (κ1) is 16.1. The van der Waals surface area contributed by atoms with E-state index in [-0.39, 0.29) is 5.54 Å². The number of aromatic nitrogens is 4. The third-order valence-electron chi connectivity index (χ3n) is 5.73. The Kier molecular flexibility index (Phi) is 4.23. The molecule has 1 heterocycles. The Morgan fingerprint density at radius 2 is 1.74 bits per heavy atom. The van der Waals surface area contributed by atoms with Crippen LogP contribution >= 0.6 is 0 Å². The third-order valence-corrected chi connectivity index (χ3v) is 5.73. The second-order valence-electron chi connectivity index (χ2n) is 7.01. The van der Waals surface area contributed by atoms with Gasteiger partial charge in [0.1, 0.15) is 0 Å². The van der Waals surface area contributed by atoms with E-state index in [0.29, 0.717) is 11.8 Å². The molecule has 0 bridgehead atoms. The Bertz CT molecular complexity index is 660. The number of nitrogens with zero attached hydrogens (tertiary/aromatic N) is 4. The first-order valence-corrected chi connectivity index (χ1v) is 8.56. The van der Waals surface area contributed by atoms with Gasteiger partial charge in [0, 0.05) is 0 Å². The topological polar surface area (TPSA) is 55.6 Å². The summed E-state index contributed by atoms with van der Waals surface area (Å²) in [5, 5.41) is 16.5. The molecule has 0 radical (unpaired) electrons. The number of nitrogens with one attached hydrogen (secondary N) is 1. The molecular formula is C18H27N5. The van der Waals surface area contributed by atoms with Crippen molar-refractivity contribution in [2.45, 2.75) is 52.5 Å². The van der Waals surface area contributed by atoms with Gasteiger partial charge in [-0.2, -0.15) is 4.68 Å². The lowest BCUT2D eigenvalue weighted by Gasteiger charge is -2.46. The second kappa shape index (κ2) is 6.04. The van der Waals surface area contributed by atoms with Crippen LogP contribution in [-0.2, 0) is 5.54 Å². The molecule has 3 rings (SSSR count). The highest BCUT2D eigenvalue weighted by atomic mass is 15.6. The molecule has 0 amide bonds. The lowest BCUT2D eigenvalue weighted by molar-refractivity contribution is 0.0860. The molecule has 0 saturated heterocycles. The minimum Gasteiger partial charge on any atom is -0.307 e. The number of tetrazole rings is 1. The van der Waals surface area contributed by atoms with E-state index >= 15 is 0 Å². The average Bonchev–Trinajstić information content (AvgIpc) is 2.98. The Morgan fingerprint density at radius 1 is 1.13 bits per heavy atom. The smallest absolute Gasteiger partial charge is 0.177 e. The van der Waals surface area contributed by atoms with E-state index in [9.17, 15) is 0 Å². The monoisotopic (exact) mass is 313 g/mol. The van der Waals surface area contributed by atoms with Gasteiger partial charge in [0.2, 0.25) is 0 Å². The van der Waals surface area contributed by atoms with Gasteiger partial charge in [0.15, 0.2) is 5.82 Å². The van der Waals surface area contributed by atoms with Crippen molar-refractivity contribution in [3.8, 4) is 5.69 Å². The zero-order valence-electron chi connectivity index (χ0n) is 14.8. The molecule has 0 unspecified atom stereocenters. The number of hydrogen-bond donors (Lipinski definition) is 1. The Balaban J connectivity index is 2.20. The maximum Gasteiger partial charge on any atom is 0.177 e. The van der Waals surface area contributed by atoms with Crippen LogP contribution in [0.3, 0.4) is 0 Å². The summed E-state index contributed by atoms with van der Waals surface area (Å²) in [6.45, 7) is 8.87. The van der Waals surface area contributed by atoms with Gasteiger partial charge < -0.3 is 5.32 Å². The number of aryl methyl sites for hydroxylation is 2. The second-order valence-corrected chi connectivity index (χ2v) is 7.01. The van der Waals surface area contributed by atoms with Crippen molar-refractivity contribution in [3.05, 3.63) is 35.2 Å². The van der Waals surface area contributed by atoms with Crippen molar-refractivity contribution in [3.63, 3.8) is 0 Å². The average molecular weight is 313 g/mol. The number of rotatable bonds is 3. The van der Waals surface area contributed by atoms with Crippen molar-refractivity contribution < 1.29 is 0 Å². The van der Waals surface area contributed by atoms with Gasteiger partial charge in [0.05, 0.1) is 11.2 Å². The number of para-hydroxylation sites is 1. The molecule has 1 aliphatic carbocycles. The van der Waals surface area contributed by atoms with E-state index in [1.54, 1.807) is 0 Å². The maximum atomic E-state index is 4.48. The highest BCUT2D eigenvalue weighted by molar-refractivity contribution is 5.47. The van der Waals surface area contributed by atoms with E-state index in [2.05, 4.69) is 66.7 Å². The zero-order valence-corrected chi connectivity index (χ0v) is 14.8. The molecule has 5 nitrogen and oxygen atoms in total. The standard InChI is InChI=1S/C18H27N5/c1-12-8-6-9-13(2)16(12)23-17(20-21-22-23)18(19-5)14(3)10-7-11-15(18)4/h6,8-9,14-15,19H,7,10-11H2,1-5H3/t14-,15-/m0/s1. The molecular weight excluding hydrogens is 286 g/mol. The van der Waals surface area contributed by atoms with Crippen LogP contribution in [0.1, 0.15) is 50.1 Å². The first-order valence-electron chi connectivity index (χ1n) is 8.56. The van der Waals surface area contributed by atoms with Crippen molar-refractivity contribution in [1.82, 2.24) is 25.5 Å². The van der Waals surface area contributed by atoms with Crippen LogP contribution in [0, 0.1) is 25.7 Å². The predicted molar refractivity (Wildman–Crippen MR) is 91.5 cm³/mol. The quantitative estimate of drug-likeness (QED) is 0.946. The molecule has 2 aromatic rings. The highest BCUT2D eigenvalue weighted by Crippen LogP contribution is 2.44. The lowest BCUT2D eigenvalue weighted by atomic mass is 9.66. The third kappa shape index (κ3) is 2.38. The molecule has 5 heteroatoms. The van der Waals surface area contributed by atoms with Crippen LogP contribution in [0.2, 0.25) is 0 Å². The van der Waals surface area contributed by atoms with Crippen LogP contribution in [0.25, 0.3) is 5.69 Å². The van der Waals surface area contributed by atoms with Gasteiger partial charge >= 0.3 is 0 Å². The maximum absolute atomic E-state index is 4.48. The highest BCUT2D eigenvalue weighted by Gasteiger charge is 2.48. The first-order chi connectivity index (χ1) is 11.0. The van der Waals surface area contributed by atoms with Crippen molar-refractivity contribution in [2.24, 2.45) is 11.8 Å². The summed E-state index contributed by atoms with van der Waals surface area (Å²) in [4.78, 5) is 0. The van der Waals surface area contributed by atoms with Crippen LogP contribution in [-0.4, -0.2) is 27.3 Å². The Morgan fingerprint density at radius 3 is 2.30 bits per heavy atom. The minimum absolute atomic E-state index is 0.184. The van der Waals surface area contributed by atoms with Crippen LogP contribution in [0.15, 0.2) is 18.2 Å². The van der Waals surface area contributed by atoms with Gasteiger partial charge in [0.25, 0.3) is 0 Å². The van der Waals surface area contributed by atoms with E-state index < -0.39 is 0 Å². The molecule has 23 heavy (non-hydrogen) atoms. The van der Waals surface area contributed by atoms with E-state index in [0.717, 1.165) is 11.5 Å². The van der Waals surface area contributed by atoms with Crippen molar-refractivity contribution >= 4 is 0 Å². The fourth-order valence-corrected chi connectivity index (χ4v) is 4.45. The van der Waals surface area contributed by atoms with Crippen molar-refractivity contribution in [1.29, 1.82) is 0 Å². The van der Waals surface area contributed by atoms with Crippen LogP contribution < -0.4 is 5.32 Å². The summed E-state index contributed by atoms with van der Waals surface area (Å²) in [5.41, 5.74) is 3.31. The summed E-state index contributed by atoms with van der Waals surface area (Å²) >= 11 is 0. The molecule has 1 fully saturated rings. The molecule has 1 saturated carbocycles. The Labute approximate surface area is 138 Å². The van der Waals surface area contributed by atoms with E-state index in [1.165, 1.54) is 30.4 Å². The van der Waals surface area contributed by atoms with Crippen LogP contribution in [0.4, 0.5) is 0 Å². The van der Waals surface area contributed by atoms with Gasteiger partial charge in [-0.1, -0.05) is 38.5 Å². The molecule has 1 N–H and O–H groups in total. The summed E-state index contributed by atoms with van der Waals surface area (Å²) in [7, 11) is 2.04. The molecule has 1 aliphatic rings. The summed E-state index contributed by atoms with van der Waals surface area (Å²) in [6, 6.07) is 6.32. The minimum atomic E-state index is -0.184. The fraction of sp³-hybridized carbons (Fsp3) is 0.611. The molecule has 1 aromatic heterocycles. The summed E-state index contributed by atoms with van der Waals surface area (Å²) < 4.78 is 1.96. The van der Waals surface area contributed by atoms with Crippen molar-refractivity contribution in [2.75, 3.05) is 7.05 Å². The van der Waals surface area contributed by atoms with Gasteiger partial charge in [-0.15, -0.1) is 5.10 Å². The SMILES string of the molecule is CNC1(c2nnnn2-c2c(C)cccc2C)[C@@H](C)CCC[C@@H]1C. The largest absolute Gasteiger partial charge is 0.307 e. The van der Waals surface area contributed by atoms with E-state index in [4.69, 9.17) is 0 Å². The predicted octanol–water partition coefficient (Wildman–Crippen LogP) is 3.15. The van der Waals surface area contributed by atoms with Gasteiger partial charge in [-0.05, 0) is 67.1 Å². The molecule has 0 spiro atoms. The fourth-order valence-electron chi connectivity index (χ4n) is 4.45. The molecule has 1 aromatic carbocycles. The van der Waals surface area contributed by atoms with Gasteiger partial charge in [-0.3, -0.25) is 0 Å². The normalized spacial score (nSPS) is 23.9. The summed E-state index contributed by atoms with van der Waals surface area (Å²) in [6.07, 6.45) is 3.67. The molecule has 2 atom stereocenters. The lowest BCUT2D eigenvalue weighted by Crippen LogP contribution is -2.54. The number of hydrogen-bond acceptors (Lipinski definition) is 4. The van der Waals surface area contributed by atoms with Gasteiger partial charge in [-0.25, -0.2) is 0 Å². The van der Waals surface area contributed by atoms with Crippen LogP contribution in [0.5, 0.6) is 0 Å².